The highest BCUT2D eigenvalue weighted by Gasteiger charge is 2.18. The summed E-state index contributed by atoms with van der Waals surface area (Å²) in [6, 6.07) is 9.74. The van der Waals surface area contributed by atoms with Gasteiger partial charge in [0.2, 0.25) is 5.91 Å². The molecule has 0 spiro atoms. The van der Waals surface area contributed by atoms with E-state index in [1.54, 1.807) is 12.1 Å². The third kappa shape index (κ3) is 5.48. The Labute approximate surface area is 143 Å². The Morgan fingerprint density at radius 1 is 1.30 bits per heavy atom. The highest BCUT2D eigenvalue weighted by molar-refractivity contribution is 9.10. The molecular formula is C17H20BrFN2O2. The zero-order valence-electron chi connectivity index (χ0n) is 13.2. The molecule has 2 aromatic rings. The molecule has 1 aromatic carbocycles. The van der Waals surface area contributed by atoms with Crippen molar-refractivity contribution in [2.24, 2.45) is 0 Å². The Bertz CT molecular complexity index is 642. The van der Waals surface area contributed by atoms with E-state index < -0.39 is 0 Å². The molecule has 0 radical (unpaired) electrons. The number of benzene rings is 1. The Morgan fingerprint density at radius 3 is 2.61 bits per heavy atom. The average molecular weight is 383 g/mol. The molecule has 0 aliphatic carbocycles. The molecule has 23 heavy (non-hydrogen) atoms. The first-order valence-corrected chi connectivity index (χ1v) is 8.21. The van der Waals surface area contributed by atoms with Crippen LogP contribution in [-0.4, -0.2) is 30.4 Å². The van der Waals surface area contributed by atoms with Crippen molar-refractivity contribution in [1.29, 1.82) is 0 Å². The lowest BCUT2D eigenvalue weighted by molar-refractivity contribution is -0.125. The Kier molecular flexibility index (Phi) is 6.36. The van der Waals surface area contributed by atoms with E-state index in [1.165, 1.54) is 12.1 Å². The fourth-order valence-corrected chi connectivity index (χ4v) is 2.49. The van der Waals surface area contributed by atoms with Crippen LogP contribution in [0.1, 0.15) is 18.2 Å². The quantitative estimate of drug-likeness (QED) is 0.798. The molecule has 1 amide bonds. The lowest BCUT2D eigenvalue weighted by Gasteiger charge is -2.22. The van der Waals surface area contributed by atoms with Gasteiger partial charge in [-0.05, 0) is 66.2 Å². The average Bonchev–Trinajstić information content (AvgIpc) is 2.93. The fourth-order valence-electron chi connectivity index (χ4n) is 2.15. The van der Waals surface area contributed by atoms with Crippen LogP contribution in [0.3, 0.4) is 0 Å². The number of carbonyl (C=O) groups is 1. The maximum absolute atomic E-state index is 12.8. The molecule has 0 saturated carbocycles. The molecule has 1 N–H and O–H groups in total. The van der Waals surface area contributed by atoms with Gasteiger partial charge in [0.05, 0.1) is 12.6 Å². The van der Waals surface area contributed by atoms with E-state index in [1.807, 2.05) is 31.0 Å². The van der Waals surface area contributed by atoms with Crippen LogP contribution in [0.15, 0.2) is 45.5 Å². The van der Waals surface area contributed by atoms with Gasteiger partial charge >= 0.3 is 0 Å². The van der Waals surface area contributed by atoms with Crippen molar-refractivity contribution >= 4 is 21.8 Å². The van der Waals surface area contributed by atoms with Crippen LogP contribution in [0.2, 0.25) is 0 Å². The summed E-state index contributed by atoms with van der Waals surface area (Å²) in [5, 5.41) is 2.90. The van der Waals surface area contributed by atoms with Crippen LogP contribution in [0.25, 0.3) is 0 Å². The van der Waals surface area contributed by atoms with Crippen molar-refractivity contribution in [2.75, 3.05) is 13.6 Å². The minimum absolute atomic E-state index is 0.0415. The monoisotopic (exact) mass is 382 g/mol. The first kappa shape index (κ1) is 17.7. The molecule has 1 aromatic heterocycles. The van der Waals surface area contributed by atoms with Gasteiger partial charge in [-0.2, -0.15) is 0 Å². The predicted molar refractivity (Wildman–Crippen MR) is 90.5 cm³/mol. The van der Waals surface area contributed by atoms with Crippen LogP contribution in [0.4, 0.5) is 4.39 Å². The van der Waals surface area contributed by atoms with Gasteiger partial charge in [0, 0.05) is 6.54 Å². The number of nitrogens with one attached hydrogen (secondary N) is 1. The number of hydrogen-bond acceptors (Lipinski definition) is 3. The van der Waals surface area contributed by atoms with E-state index in [0.717, 1.165) is 11.3 Å². The second-order valence-electron chi connectivity index (χ2n) is 5.46. The van der Waals surface area contributed by atoms with Crippen LogP contribution in [-0.2, 0) is 17.8 Å². The molecule has 1 atom stereocenters. The van der Waals surface area contributed by atoms with Crippen molar-refractivity contribution in [3.8, 4) is 0 Å². The second-order valence-corrected chi connectivity index (χ2v) is 6.25. The van der Waals surface area contributed by atoms with Gasteiger partial charge in [-0.25, -0.2) is 4.39 Å². The van der Waals surface area contributed by atoms with Gasteiger partial charge in [-0.15, -0.1) is 0 Å². The highest BCUT2D eigenvalue weighted by atomic mass is 79.9. The SMILES string of the molecule is CC(C(=O)NCCc1ccc(F)cc1)N(C)Cc1ccc(Br)o1. The van der Waals surface area contributed by atoms with Crippen LogP contribution < -0.4 is 5.32 Å². The zero-order chi connectivity index (χ0) is 16.8. The topological polar surface area (TPSA) is 45.5 Å². The van der Waals surface area contributed by atoms with Crippen LogP contribution in [0, 0.1) is 5.82 Å². The molecular weight excluding hydrogens is 363 g/mol. The maximum atomic E-state index is 12.8. The highest BCUT2D eigenvalue weighted by Crippen LogP contribution is 2.16. The van der Waals surface area contributed by atoms with Crippen molar-refractivity contribution in [3.63, 3.8) is 0 Å². The molecule has 0 aliphatic heterocycles. The number of furan rings is 1. The van der Waals surface area contributed by atoms with E-state index in [0.29, 0.717) is 24.2 Å². The van der Waals surface area contributed by atoms with E-state index in [-0.39, 0.29) is 17.8 Å². The smallest absolute Gasteiger partial charge is 0.237 e. The Balaban J connectivity index is 1.76. The molecule has 0 fully saturated rings. The molecule has 0 saturated heterocycles. The summed E-state index contributed by atoms with van der Waals surface area (Å²) in [6.45, 7) is 2.93. The third-order valence-corrected chi connectivity index (χ3v) is 4.13. The number of rotatable bonds is 7. The minimum atomic E-state index is -0.271. The van der Waals surface area contributed by atoms with Crippen molar-refractivity contribution < 1.29 is 13.6 Å². The van der Waals surface area contributed by atoms with Gasteiger partial charge < -0.3 is 9.73 Å². The second kappa shape index (κ2) is 8.26. The summed E-state index contributed by atoms with van der Waals surface area (Å²) in [4.78, 5) is 14.1. The molecule has 1 heterocycles. The summed E-state index contributed by atoms with van der Waals surface area (Å²) < 4.78 is 18.9. The third-order valence-electron chi connectivity index (χ3n) is 3.70. The number of likely N-dealkylation sites (N-methyl/N-ethyl adjacent to an activating group) is 1. The first-order chi connectivity index (χ1) is 11.0. The van der Waals surface area contributed by atoms with Crippen LogP contribution in [0.5, 0.6) is 0 Å². The lowest BCUT2D eigenvalue weighted by atomic mass is 10.1. The molecule has 4 nitrogen and oxygen atoms in total. The number of carbonyl (C=O) groups excluding carboxylic acids is 1. The van der Waals surface area contributed by atoms with Crippen LogP contribution >= 0.6 is 15.9 Å². The number of halogens is 2. The van der Waals surface area contributed by atoms with E-state index >= 15 is 0 Å². The predicted octanol–water partition coefficient (Wildman–Crippen LogP) is 3.36. The minimum Gasteiger partial charge on any atom is -0.453 e. The van der Waals surface area contributed by atoms with Gasteiger partial charge in [-0.3, -0.25) is 9.69 Å². The summed E-state index contributed by atoms with van der Waals surface area (Å²) in [7, 11) is 1.88. The number of nitrogens with zero attached hydrogens (tertiary/aromatic N) is 1. The fraction of sp³-hybridized carbons (Fsp3) is 0.353. The molecule has 0 aliphatic rings. The van der Waals surface area contributed by atoms with Crippen molar-refractivity contribution in [3.05, 3.63) is 58.2 Å². The zero-order valence-corrected chi connectivity index (χ0v) is 14.8. The molecule has 124 valence electrons. The molecule has 2 rings (SSSR count). The normalized spacial score (nSPS) is 12.4. The van der Waals surface area contributed by atoms with E-state index in [9.17, 15) is 9.18 Å². The number of amides is 1. The van der Waals surface area contributed by atoms with Gasteiger partial charge in [0.1, 0.15) is 11.6 Å². The Morgan fingerprint density at radius 2 is 2.00 bits per heavy atom. The standard InChI is InChI=1S/C17H20BrFN2O2/c1-12(21(2)11-15-7-8-16(18)23-15)17(22)20-10-9-13-3-5-14(19)6-4-13/h3-8,12H,9-11H2,1-2H3,(H,20,22). The lowest BCUT2D eigenvalue weighted by Crippen LogP contribution is -2.43. The van der Waals surface area contributed by atoms with Gasteiger partial charge in [0.15, 0.2) is 4.67 Å². The largest absolute Gasteiger partial charge is 0.453 e. The molecule has 1 unspecified atom stereocenters. The van der Waals surface area contributed by atoms with E-state index in [2.05, 4.69) is 21.2 Å². The van der Waals surface area contributed by atoms with Gasteiger partial charge in [0.25, 0.3) is 0 Å². The van der Waals surface area contributed by atoms with Gasteiger partial charge in [-0.1, -0.05) is 12.1 Å². The first-order valence-electron chi connectivity index (χ1n) is 7.42. The number of hydrogen-bond donors (Lipinski definition) is 1. The summed E-state index contributed by atoms with van der Waals surface area (Å²) in [5.74, 6) is 0.503. The maximum Gasteiger partial charge on any atom is 0.237 e. The summed E-state index contributed by atoms with van der Waals surface area (Å²) in [5.41, 5.74) is 0.994. The summed E-state index contributed by atoms with van der Waals surface area (Å²) in [6.07, 6.45) is 0.674. The molecule has 6 heteroatoms. The van der Waals surface area contributed by atoms with Crippen molar-refractivity contribution in [2.45, 2.75) is 25.9 Å². The Hall–Kier alpha value is -1.66. The summed E-state index contributed by atoms with van der Waals surface area (Å²) >= 11 is 3.26. The molecule has 0 bridgehead atoms. The van der Waals surface area contributed by atoms with Crippen molar-refractivity contribution in [1.82, 2.24) is 10.2 Å². The van der Waals surface area contributed by atoms with E-state index in [4.69, 9.17) is 4.42 Å².